The number of primary amides is 1. The Bertz CT molecular complexity index is 204. The van der Waals surface area contributed by atoms with Gasteiger partial charge in [0, 0.05) is 0 Å². The molecule has 0 aliphatic heterocycles. The zero-order valence-corrected chi connectivity index (χ0v) is 10.8. The van der Waals surface area contributed by atoms with Gasteiger partial charge in [0.05, 0.1) is 5.54 Å². The molecule has 0 aromatic rings. The van der Waals surface area contributed by atoms with E-state index in [1.165, 1.54) is 6.42 Å². The van der Waals surface area contributed by atoms with Crippen LogP contribution in [0.15, 0.2) is 0 Å². The van der Waals surface area contributed by atoms with E-state index in [9.17, 15) is 4.79 Å². The van der Waals surface area contributed by atoms with Crippen molar-refractivity contribution in [3.63, 3.8) is 0 Å². The lowest BCUT2D eigenvalue weighted by Crippen LogP contribution is -2.53. The second kappa shape index (κ2) is 6.11. The summed E-state index contributed by atoms with van der Waals surface area (Å²) < 4.78 is 0. The molecule has 0 aromatic carbocycles. The van der Waals surface area contributed by atoms with Gasteiger partial charge in [-0.25, -0.2) is 0 Å². The van der Waals surface area contributed by atoms with Crippen LogP contribution in [0.3, 0.4) is 0 Å². The highest BCUT2D eigenvalue weighted by Gasteiger charge is 2.28. The Morgan fingerprint density at radius 1 is 1.40 bits per heavy atom. The van der Waals surface area contributed by atoms with E-state index in [1.807, 2.05) is 13.8 Å². The standard InChI is InChI=1S/C12H26N2O/c1-6-12(5,11(13)15)14-8-10(4)7-9(2)3/h9-10,14H,6-8H2,1-5H3,(H2,13,15)/t10-,12-/m0/s1. The number of nitrogens with one attached hydrogen (secondary N) is 1. The van der Waals surface area contributed by atoms with Crippen LogP contribution >= 0.6 is 0 Å². The van der Waals surface area contributed by atoms with Crippen LogP contribution in [0.25, 0.3) is 0 Å². The Hall–Kier alpha value is -0.570. The van der Waals surface area contributed by atoms with Crippen LogP contribution in [0.5, 0.6) is 0 Å². The van der Waals surface area contributed by atoms with Gasteiger partial charge in [0.15, 0.2) is 0 Å². The molecule has 3 heteroatoms. The zero-order chi connectivity index (χ0) is 12.1. The van der Waals surface area contributed by atoms with Gasteiger partial charge in [-0.15, -0.1) is 0 Å². The maximum Gasteiger partial charge on any atom is 0.237 e. The smallest absolute Gasteiger partial charge is 0.237 e. The number of rotatable bonds is 7. The first-order valence-corrected chi connectivity index (χ1v) is 5.86. The number of carbonyl (C=O) groups excluding carboxylic acids is 1. The summed E-state index contributed by atoms with van der Waals surface area (Å²) in [6.07, 6.45) is 1.91. The van der Waals surface area contributed by atoms with E-state index in [0.717, 1.165) is 13.0 Å². The van der Waals surface area contributed by atoms with Crippen molar-refractivity contribution in [2.75, 3.05) is 6.54 Å². The maximum absolute atomic E-state index is 11.2. The van der Waals surface area contributed by atoms with Gasteiger partial charge in [-0.05, 0) is 38.1 Å². The number of amides is 1. The van der Waals surface area contributed by atoms with Crippen molar-refractivity contribution in [3.8, 4) is 0 Å². The number of nitrogens with two attached hydrogens (primary N) is 1. The highest BCUT2D eigenvalue weighted by Crippen LogP contribution is 2.13. The van der Waals surface area contributed by atoms with E-state index in [4.69, 9.17) is 5.73 Å². The predicted octanol–water partition coefficient (Wildman–Crippen LogP) is 1.91. The minimum Gasteiger partial charge on any atom is -0.368 e. The zero-order valence-electron chi connectivity index (χ0n) is 10.8. The molecule has 0 aliphatic rings. The third-order valence-corrected chi connectivity index (χ3v) is 2.97. The third kappa shape index (κ3) is 5.17. The maximum atomic E-state index is 11.2. The lowest BCUT2D eigenvalue weighted by molar-refractivity contribution is -0.124. The molecular formula is C12H26N2O. The lowest BCUT2D eigenvalue weighted by atomic mass is 9.94. The fourth-order valence-corrected chi connectivity index (χ4v) is 1.67. The molecule has 0 heterocycles. The fraction of sp³-hybridized carbons (Fsp3) is 0.917. The van der Waals surface area contributed by atoms with E-state index >= 15 is 0 Å². The summed E-state index contributed by atoms with van der Waals surface area (Å²) in [5.41, 5.74) is 4.82. The summed E-state index contributed by atoms with van der Waals surface area (Å²) in [6.45, 7) is 11.3. The Morgan fingerprint density at radius 2 is 1.93 bits per heavy atom. The molecule has 0 unspecified atom stereocenters. The Kier molecular flexibility index (Phi) is 5.88. The SMILES string of the molecule is CC[C@](C)(NC[C@@H](C)CC(C)C)C(N)=O. The summed E-state index contributed by atoms with van der Waals surface area (Å²) in [7, 11) is 0. The molecule has 0 spiro atoms. The topological polar surface area (TPSA) is 55.1 Å². The molecule has 0 saturated heterocycles. The van der Waals surface area contributed by atoms with Crippen LogP contribution in [0.1, 0.15) is 47.5 Å². The normalized spacial score (nSPS) is 17.5. The van der Waals surface area contributed by atoms with Crippen LogP contribution in [0.4, 0.5) is 0 Å². The first kappa shape index (κ1) is 14.4. The van der Waals surface area contributed by atoms with E-state index < -0.39 is 5.54 Å². The molecule has 3 nitrogen and oxygen atoms in total. The summed E-state index contributed by atoms with van der Waals surface area (Å²) in [6, 6.07) is 0. The van der Waals surface area contributed by atoms with Gasteiger partial charge in [0.25, 0.3) is 0 Å². The van der Waals surface area contributed by atoms with Gasteiger partial charge in [0.1, 0.15) is 0 Å². The van der Waals surface area contributed by atoms with Gasteiger partial charge >= 0.3 is 0 Å². The molecule has 15 heavy (non-hydrogen) atoms. The average Bonchev–Trinajstić information content (AvgIpc) is 2.12. The lowest BCUT2D eigenvalue weighted by Gasteiger charge is -2.28. The highest BCUT2D eigenvalue weighted by molar-refractivity contribution is 5.84. The van der Waals surface area contributed by atoms with Crippen molar-refractivity contribution in [1.82, 2.24) is 5.32 Å². The van der Waals surface area contributed by atoms with Gasteiger partial charge in [-0.1, -0.05) is 27.7 Å². The average molecular weight is 214 g/mol. The summed E-state index contributed by atoms with van der Waals surface area (Å²) >= 11 is 0. The van der Waals surface area contributed by atoms with Gasteiger partial charge in [0.2, 0.25) is 5.91 Å². The second-order valence-electron chi connectivity index (χ2n) is 5.17. The minimum atomic E-state index is -0.550. The molecule has 0 aliphatic carbocycles. The van der Waals surface area contributed by atoms with Crippen LogP contribution in [-0.4, -0.2) is 18.0 Å². The van der Waals surface area contributed by atoms with E-state index in [2.05, 4.69) is 26.1 Å². The number of hydrogen-bond acceptors (Lipinski definition) is 2. The third-order valence-electron chi connectivity index (χ3n) is 2.97. The van der Waals surface area contributed by atoms with Crippen molar-refractivity contribution in [3.05, 3.63) is 0 Å². The van der Waals surface area contributed by atoms with Crippen LogP contribution in [0, 0.1) is 11.8 Å². The largest absolute Gasteiger partial charge is 0.368 e. The van der Waals surface area contributed by atoms with Gasteiger partial charge in [-0.2, -0.15) is 0 Å². The first-order chi connectivity index (χ1) is 6.81. The highest BCUT2D eigenvalue weighted by atomic mass is 16.1. The Morgan fingerprint density at radius 3 is 2.27 bits per heavy atom. The first-order valence-electron chi connectivity index (χ1n) is 5.86. The van der Waals surface area contributed by atoms with Crippen LogP contribution in [0.2, 0.25) is 0 Å². The van der Waals surface area contributed by atoms with Crippen molar-refractivity contribution in [2.24, 2.45) is 17.6 Å². The van der Waals surface area contributed by atoms with Crippen LogP contribution < -0.4 is 11.1 Å². The summed E-state index contributed by atoms with van der Waals surface area (Å²) in [5, 5.41) is 3.28. The molecule has 0 radical (unpaired) electrons. The molecular weight excluding hydrogens is 188 g/mol. The number of carbonyl (C=O) groups is 1. The molecule has 0 fully saturated rings. The summed E-state index contributed by atoms with van der Waals surface area (Å²) in [5.74, 6) is 1.01. The second-order valence-corrected chi connectivity index (χ2v) is 5.17. The quantitative estimate of drug-likeness (QED) is 0.680. The van der Waals surface area contributed by atoms with E-state index in [1.54, 1.807) is 0 Å². The molecule has 3 N–H and O–H groups in total. The summed E-state index contributed by atoms with van der Waals surface area (Å²) in [4.78, 5) is 11.2. The molecule has 2 atom stereocenters. The van der Waals surface area contributed by atoms with Gasteiger partial charge < -0.3 is 11.1 Å². The van der Waals surface area contributed by atoms with E-state index in [0.29, 0.717) is 11.8 Å². The Balaban J connectivity index is 4.06. The van der Waals surface area contributed by atoms with E-state index in [-0.39, 0.29) is 5.91 Å². The van der Waals surface area contributed by atoms with Crippen molar-refractivity contribution >= 4 is 5.91 Å². The fourth-order valence-electron chi connectivity index (χ4n) is 1.67. The molecule has 0 saturated carbocycles. The molecule has 0 aromatic heterocycles. The van der Waals surface area contributed by atoms with Crippen LogP contribution in [-0.2, 0) is 4.79 Å². The monoisotopic (exact) mass is 214 g/mol. The molecule has 1 amide bonds. The predicted molar refractivity (Wildman–Crippen MR) is 64.5 cm³/mol. The van der Waals surface area contributed by atoms with Crippen molar-refractivity contribution in [2.45, 2.75) is 53.0 Å². The van der Waals surface area contributed by atoms with Gasteiger partial charge in [-0.3, -0.25) is 4.79 Å². The number of hydrogen-bond donors (Lipinski definition) is 2. The molecule has 0 rings (SSSR count). The Labute approximate surface area is 93.8 Å². The molecule has 0 bridgehead atoms. The van der Waals surface area contributed by atoms with Crippen molar-refractivity contribution < 1.29 is 4.79 Å². The van der Waals surface area contributed by atoms with Crippen molar-refractivity contribution in [1.29, 1.82) is 0 Å². The minimum absolute atomic E-state index is 0.262. The molecule has 90 valence electrons.